The fourth-order valence-corrected chi connectivity index (χ4v) is 2.35. The van der Waals surface area contributed by atoms with Gasteiger partial charge < -0.3 is 10.6 Å². The third-order valence-electron chi connectivity index (χ3n) is 3.81. The number of rotatable bonds is 5. The van der Waals surface area contributed by atoms with Crippen molar-refractivity contribution in [1.29, 1.82) is 0 Å². The third-order valence-corrected chi connectivity index (χ3v) is 3.81. The van der Waals surface area contributed by atoms with Gasteiger partial charge in [0.15, 0.2) is 0 Å². The molecule has 0 aliphatic carbocycles. The quantitative estimate of drug-likeness (QED) is 0.866. The first kappa shape index (κ1) is 14.6. The van der Waals surface area contributed by atoms with Gasteiger partial charge in [-0.05, 0) is 37.5 Å². The van der Waals surface area contributed by atoms with Crippen LogP contribution in [0.2, 0.25) is 0 Å². The first-order valence-corrected chi connectivity index (χ1v) is 7.20. The van der Waals surface area contributed by atoms with Crippen LogP contribution in [0.5, 0.6) is 0 Å². The SMILES string of the molecule is CCCCc1ccc(NC(=O)C2(C)CNC(=O)C2)cc1. The topological polar surface area (TPSA) is 58.2 Å². The van der Waals surface area contributed by atoms with Gasteiger partial charge in [-0.1, -0.05) is 25.5 Å². The summed E-state index contributed by atoms with van der Waals surface area (Å²) in [6.07, 6.45) is 3.68. The van der Waals surface area contributed by atoms with Crippen molar-refractivity contribution in [2.24, 2.45) is 5.41 Å². The first-order chi connectivity index (χ1) is 9.53. The average molecular weight is 274 g/mol. The van der Waals surface area contributed by atoms with Gasteiger partial charge in [0, 0.05) is 18.7 Å². The molecular weight excluding hydrogens is 252 g/mol. The van der Waals surface area contributed by atoms with Crippen LogP contribution < -0.4 is 10.6 Å². The van der Waals surface area contributed by atoms with Crippen LogP contribution in [0.3, 0.4) is 0 Å². The van der Waals surface area contributed by atoms with Gasteiger partial charge in [0.1, 0.15) is 0 Å². The van der Waals surface area contributed by atoms with Gasteiger partial charge in [-0.25, -0.2) is 0 Å². The molecule has 0 spiro atoms. The Kier molecular flexibility index (Phi) is 4.42. The Bertz CT molecular complexity index is 496. The van der Waals surface area contributed by atoms with Gasteiger partial charge in [0.25, 0.3) is 0 Å². The summed E-state index contributed by atoms with van der Waals surface area (Å²) in [5.41, 5.74) is 1.43. The highest BCUT2D eigenvalue weighted by molar-refractivity contribution is 5.99. The molecule has 2 amide bonds. The largest absolute Gasteiger partial charge is 0.355 e. The maximum Gasteiger partial charge on any atom is 0.232 e. The Labute approximate surface area is 119 Å². The van der Waals surface area contributed by atoms with E-state index in [1.807, 2.05) is 31.2 Å². The minimum absolute atomic E-state index is 0.0578. The van der Waals surface area contributed by atoms with Gasteiger partial charge >= 0.3 is 0 Å². The number of hydrogen-bond donors (Lipinski definition) is 2. The van der Waals surface area contributed by atoms with Gasteiger partial charge in [-0.2, -0.15) is 0 Å². The number of carbonyl (C=O) groups is 2. The van der Waals surface area contributed by atoms with Crippen LogP contribution in [0.25, 0.3) is 0 Å². The normalized spacial score (nSPS) is 21.6. The summed E-state index contributed by atoms with van der Waals surface area (Å²) in [6, 6.07) is 7.95. The summed E-state index contributed by atoms with van der Waals surface area (Å²) in [4.78, 5) is 23.5. The second-order valence-electron chi connectivity index (χ2n) is 5.77. The zero-order valence-corrected chi connectivity index (χ0v) is 12.2. The maximum atomic E-state index is 12.2. The van der Waals surface area contributed by atoms with E-state index in [4.69, 9.17) is 0 Å². The van der Waals surface area contributed by atoms with Crippen molar-refractivity contribution >= 4 is 17.5 Å². The maximum absolute atomic E-state index is 12.2. The molecule has 20 heavy (non-hydrogen) atoms. The van der Waals surface area contributed by atoms with E-state index >= 15 is 0 Å². The fraction of sp³-hybridized carbons (Fsp3) is 0.500. The number of anilines is 1. The molecule has 1 saturated heterocycles. The van der Waals surface area contributed by atoms with Crippen LogP contribution in [0.4, 0.5) is 5.69 Å². The van der Waals surface area contributed by atoms with Crippen molar-refractivity contribution < 1.29 is 9.59 Å². The van der Waals surface area contributed by atoms with Crippen LogP contribution in [0.1, 0.15) is 38.7 Å². The van der Waals surface area contributed by atoms with Crippen LogP contribution in [0.15, 0.2) is 24.3 Å². The Morgan fingerprint density at radius 3 is 2.60 bits per heavy atom. The molecule has 1 atom stereocenters. The van der Waals surface area contributed by atoms with E-state index in [9.17, 15) is 9.59 Å². The highest BCUT2D eigenvalue weighted by Gasteiger charge is 2.40. The van der Waals surface area contributed by atoms with Gasteiger partial charge in [0.2, 0.25) is 11.8 Å². The molecule has 1 aliphatic heterocycles. The van der Waals surface area contributed by atoms with Crippen LogP contribution >= 0.6 is 0 Å². The lowest BCUT2D eigenvalue weighted by molar-refractivity contribution is -0.126. The minimum atomic E-state index is -0.641. The second-order valence-corrected chi connectivity index (χ2v) is 5.77. The monoisotopic (exact) mass is 274 g/mol. The minimum Gasteiger partial charge on any atom is -0.355 e. The van der Waals surface area contributed by atoms with E-state index in [-0.39, 0.29) is 18.2 Å². The molecule has 108 valence electrons. The van der Waals surface area contributed by atoms with Gasteiger partial charge in [-0.3, -0.25) is 9.59 Å². The molecule has 4 nitrogen and oxygen atoms in total. The summed E-state index contributed by atoms with van der Waals surface area (Å²) < 4.78 is 0. The van der Waals surface area contributed by atoms with Crippen LogP contribution in [0, 0.1) is 5.41 Å². The van der Waals surface area contributed by atoms with Gasteiger partial charge in [0.05, 0.1) is 5.41 Å². The number of unbranched alkanes of at least 4 members (excludes halogenated alkanes) is 1. The number of benzene rings is 1. The molecule has 1 heterocycles. The van der Waals surface area contributed by atoms with E-state index in [2.05, 4.69) is 17.6 Å². The molecule has 4 heteroatoms. The molecule has 0 radical (unpaired) electrons. The second kappa shape index (κ2) is 6.07. The van der Waals surface area contributed by atoms with E-state index in [1.54, 1.807) is 0 Å². The Hall–Kier alpha value is -1.84. The molecule has 0 bridgehead atoms. The zero-order chi connectivity index (χ0) is 14.6. The molecule has 1 aromatic rings. The lowest BCUT2D eigenvalue weighted by atomic mass is 9.88. The summed E-state index contributed by atoms with van der Waals surface area (Å²) in [6.45, 7) is 4.40. The van der Waals surface area contributed by atoms with E-state index in [0.717, 1.165) is 12.1 Å². The number of carbonyl (C=O) groups excluding carboxylic acids is 2. The third kappa shape index (κ3) is 3.38. The fourth-order valence-electron chi connectivity index (χ4n) is 2.35. The van der Waals surface area contributed by atoms with Crippen LogP contribution in [-0.2, 0) is 16.0 Å². The number of hydrogen-bond acceptors (Lipinski definition) is 2. The Morgan fingerprint density at radius 2 is 2.05 bits per heavy atom. The molecule has 1 aliphatic rings. The van der Waals surface area contributed by atoms with E-state index < -0.39 is 5.41 Å². The summed E-state index contributed by atoms with van der Waals surface area (Å²) in [5.74, 6) is -0.158. The van der Waals surface area contributed by atoms with Crippen molar-refractivity contribution in [2.45, 2.75) is 39.5 Å². The molecule has 1 aromatic carbocycles. The molecule has 2 N–H and O–H groups in total. The number of amides is 2. The molecule has 2 rings (SSSR count). The van der Waals surface area contributed by atoms with Crippen LogP contribution in [-0.4, -0.2) is 18.4 Å². The molecule has 0 aromatic heterocycles. The summed E-state index contributed by atoms with van der Waals surface area (Å²) in [5, 5.41) is 5.61. The Balaban J connectivity index is 1.96. The average Bonchev–Trinajstić information content (AvgIpc) is 2.79. The highest BCUT2D eigenvalue weighted by atomic mass is 16.2. The molecule has 0 saturated carbocycles. The van der Waals surface area contributed by atoms with Crippen molar-refractivity contribution in [3.8, 4) is 0 Å². The smallest absolute Gasteiger partial charge is 0.232 e. The first-order valence-electron chi connectivity index (χ1n) is 7.20. The van der Waals surface area contributed by atoms with Crippen molar-refractivity contribution in [1.82, 2.24) is 5.32 Å². The predicted molar refractivity (Wildman–Crippen MR) is 79.4 cm³/mol. The lowest BCUT2D eigenvalue weighted by Gasteiger charge is -2.20. The molecular formula is C16H22N2O2. The van der Waals surface area contributed by atoms with Crippen molar-refractivity contribution in [3.05, 3.63) is 29.8 Å². The molecule has 1 fully saturated rings. The summed E-state index contributed by atoms with van der Waals surface area (Å²) >= 11 is 0. The zero-order valence-electron chi connectivity index (χ0n) is 12.2. The number of nitrogens with one attached hydrogen (secondary N) is 2. The standard InChI is InChI=1S/C16H22N2O2/c1-3-4-5-12-6-8-13(9-7-12)18-15(20)16(2)10-14(19)17-11-16/h6-9H,3-5,10-11H2,1-2H3,(H,17,19)(H,18,20). The summed E-state index contributed by atoms with van der Waals surface area (Å²) in [7, 11) is 0. The van der Waals surface area contributed by atoms with E-state index in [0.29, 0.717) is 6.54 Å². The number of aryl methyl sites for hydroxylation is 1. The van der Waals surface area contributed by atoms with Crippen molar-refractivity contribution in [3.63, 3.8) is 0 Å². The van der Waals surface area contributed by atoms with Crippen molar-refractivity contribution in [2.75, 3.05) is 11.9 Å². The highest BCUT2D eigenvalue weighted by Crippen LogP contribution is 2.27. The Morgan fingerprint density at radius 1 is 1.35 bits per heavy atom. The molecule has 1 unspecified atom stereocenters. The van der Waals surface area contributed by atoms with E-state index in [1.165, 1.54) is 18.4 Å². The predicted octanol–water partition coefficient (Wildman–Crippen LogP) is 2.49. The lowest BCUT2D eigenvalue weighted by Crippen LogP contribution is -2.35. The van der Waals surface area contributed by atoms with Gasteiger partial charge in [-0.15, -0.1) is 0 Å².